The minimum atomic E-state index is -1.54. The normalized spacial score (nSPS) is 19.7. The number of carboxylic acid groups (broad SMARTS) is 1. The fourth-order valence-electron chi connectivity index (χ4n) is 5.07. The van der Waals surface area contributed by atoms with Crippen LogP contribution in [0.25, 0.3) is 16.6 Å². The van der Waals surface area contributed by atoms with Crippen molar-refractivity contribution in [3.63, 3.8) is 0 Å². The first-order valence-corrected chi connectivity index (χ1v) is 12.6. The predicted molar refractivity (Wildman–Crippen MR) is 142 cm³/mol. The summed E-state index contributed by atoms with van der Waals surface area (Å²) in [5.41, 5.74) is -1.19. The molecule has 2 amide bonds. The number of pyridine rings is 1. The first-order chi connectivity index (χ1) is 19.0. The number of carbonyl (C=O) groups excluding carboxylic acids is 2. The van der Waals surface area contributed by atoms with E-state index in [1.165, 1.54) is 34.6 Å². The number of carboxylic acids is 1. The smallest absolute Gasteiger partial charge is 0.416 e. The molecule has 210 valence electrons. The second kappa shape index (κ2) is 10.2. The molecule has 2 atom stereocenters. The van der Waals surface area contributed by atoms with E-state index in [0.717, 1.165) is 18.3 Å². The van der Waals surface area contributed by atoms with Gasteiger partial charge in [-0.1, -0.05) is 0 Å². The Hall–Kier alpha value is -4.52. The quantitative estimate of drug-likeness (QED) is 0.492. The molecular formula is C27H27F2N5O6. The van der Waals surface area contributed by atoms with Gasteiger partial charge in [0.05, 0.1) is 28.6 Å². The van der Waals surface area contributed by atoms with Crippen LogP contribution >= 0.6 is 0 Å². The monoisotopic (exact) mass is 555 g/mol. The number of amides is 2. The number of hydrogen-bond donors (Lipinski definition) is 2. The van der Waals surface area contributed by atoms with E-state index in [9.17, 15) is 24.3 Å². The highest BCUT2D eigenvalue weighted by molar-refractivity contribution is 5.95. The van der Waals surface area contributed by atoms with Crippen molar-refractivity contribution in [1.29, 1.82) is 0 Å². The van der Waals surface area contributed by atoms with Crippen LogP contribution in [0.4, 0.5) is 25.0 Å². The van der Waals surface area contributed by atoms with Crippen LogP contribution in [0.1, 0.15) is 24.2 Å². The fourth-order valence-corrected chi connectivity index (χ4v) is 5.07. The molecule has 0 aliphatic carbocycles. The van der Waals surface area contributed by atoms with Gasteiger partial charge in [-0.25, -0.2) is 18.4 Å². The third-order valence-electron chi connectivity index (χ3n) is 7.23. The van der Waals surface area contributed by atoms with Crippen molar-refractivity contribution in [3.05, 3.63) is 63.9 Å². The Morgan fingerprint density at radius 2 is 1.70 bits per heavy atom. The summed E-state index contributed by atoms with van der Waals surface area (Å²) in [6, 6.07) is 5.59. The third-order valence-corrected chi connectivity index (χ3v) is 7.23. The van der Waals surface area contributed by atoms with E-state index >= 15 is 8.78 Å². The minimum Gasteiger partial charge on any atom is -0.477 e. The number of halogens is 2. The molecule has 1 unspecified atom stereocenters. The molecule has 3 heterocycles. The van der Waals surface area contributed by atoms with Crippen LogP contribution in [-0.2, 0) is 9.53 Å². The largest absolute Gasteiger partial charge is 0.477 e. The van der Waals surface area contributed by atoms with Crippen molar-refractivity contribution < 1.29 is 33.0 Å². The van der Waals surface area contributed by atoms with Crippen LogP contribution < -0.4 is 20.5 Å². The number of aromatic nitrogens is 1. The van der Waals surface area contributed by atoms with Gasteiger partial charge in [-0.3, -0.25) is 14.5 Å². The van der Waals surface area contributed by atoms with Gasteiger partial charge in [-0.2, -0.15) is 0 Å². The van der Waals surface area contributed by atoms with Crippen molar-refractivity contribution in [1.82, 2.24) is 14.8 Å². The van der Waals surface area contributed by atoms with E-state index < -0.39 is 52.9 Å². The molecule has 5 rings (SSSR count). The number of nitrogens with one attached hydrogen (secondary N) is 1. The van der Waals surface area contributed by atoms with Gasteiger partial charge in [0.1, 0.15) is 17.2 Å². The molecule has 2 aromatic carbocycles. The second-order valence-corrected chi connectivity index (χ2v) is 9.91. The molecular weight excluding hydrogens is 528 g/mol. The lowest BCUT2D eigenvalue weighted by Crippen LogP contribution is -2.44. The lowest BCUT2D eigenvalue weighted by molar-refractivity contribution is -0.121. The van der Waals surface area contributed by atoms with Crippen LogP contribution in [0.5, 0.6) is 0 Å². The summed E-state index contributed by atoms with van der Waals surface area (Å²) in [5, 5.41) is 11.9. The Bertz CT molecular complexity index is 1600. The molecule has 40 heavy (non-hydrogen) atoms. The summed E-state index contributed by atoms with van der Waals surface area (Å²) in [5.74, 6) is -3.47. The number of likely N-dealkylation sites (N-methyl/N-ethyl adjacent to an activating group) is 1. The minimum absolute atomic E-state index is 0.120. The lowest BCUT2D eigenvalue weighted by Gasteiger charge is -2.34. The summed E-state index contributed by atoms with van der Waals surface area (Å²) >= 11 is 0. The lowest BCUT2D eigenvalue weighted by atomic mass is 10.1. The van der Waals surface area contributed by atoms with E-state index in [4.69, 9.17) is 4.74 Å². The Morgan fingerprint density at radius 3 is 2.33 bits per heavy atom. The number of rotatable bonds is 5. The molecule has 3 aromatic rings. The number of anilines is 2. The van der Waals surface area contributed by atoms with Crippen LogP contribution in [0.3, 0.4) is 0 Å². The van der Waals surface area contributed by atoms with Crippen molar-refractivity contribution in [3.8, 4) is 5.69 Å². The number of fused-ring (bicyclic) bond motifs is 1. The number of nitrogens with zero attached hydrogens (tertiary/aromatic N) is 4. The molecule has 0 radical (unpaired) electrons. The van der Waals surface area contributed by atoms with E-state index in [0.29, 0.717) is 26.2 Å². The van der Waals surface area contributed by atoms with Crippen molar-refractivity contribution in [2.45, 2.75) is 26.1 Å². The number of ether oxygens (including phenoxy) is 1. The van der Waals surface area contributed by atoms with Gasteiger partial charge in [-0.15, -0.1) is 0 Å². The molecule has 0 spiro atoms. The van der Waals surface area contributed by atoms with Crippen LogP contribution in [-0.4, -0.2) is 78.0 Å². The summed E-state index contributed by atoms with van der Waals surface area (Å²) in [7, 11) is 1.95. The number of benzene rings is 2. The Kier molecular flexibility index (Phi) is 6.92. The number of carbonyl (C=O) groups is 3. The van der Waals surface area contributed by atoms with Crippen LogP contribution in [0, 0.1) is 11.6 Å². The Balaban J connectivity index is 1.62. The van der Waals surface area contributed by atoms with E-state index in [1.807, 2.05) is 11.9 Å². The van der Waals surface area contributed by atoms with E-state index in [2.05, 4.69) is 10.2 Å². The topological polar surface area (TPSA) is 124 Å². The third kappa shape index (κ3) is 4.72. The van der Waals surface area contributed by atoms with Gasteiger partial charge in [0.2, 0.25) is 11.3 Å². The molecule has 2 aliphatic heterocycles. The molecule has 1 aromatic heterocycles. The van der Waals surface area contributed by atoms with Crippen LogP contribution in [0.15, 0.2) is 41.3 Å². The molecule has 13 heteroatoms. The molecule has 2 saturated heterocycles. The molecule has 2 aliphatic rings. The van der Waals surface area contributed by atoms with Gasteiger partial charge in [-0.05, 0) is 44.3 Å². The molecule has 2 N–H and O–H groups in total. The second-order valence-electron chi connectivity index (χ2n) is 9.91. The summed E-state index contributed by atoms with van der Waals surface area (Å²) in [6.07, 6.45) is -0.708. The predicted octanol–water partition coefficient (Wildman–Crippen LogP) is 2.53. The Labute approximate surface area is 227 Å². The maximum Gasteiger partial charge on any atom is 0.416 e. The fraction of sp³-hybridized carbons (Fsp3) is 0.333. The summed E-state index contributed by atoms with van der Waals surface area (Å²) < 4.78 is 37.3. The van der Waals surface area contributed by atoms with Gasteiger partial charge in [0.25, 0.3) is 0 Å². The van der Waals surface area contributed by atoms with Gasteiger partial charge in [0, 0.05) is 44.7 Å². The van der Waals surface area contributed by atoms with E-state index in [-0.39, 0.29) is 28.0 Å². The average molecular weight is 556 g/mol. The summed E-state index contributed by atoms with van der Waals surface area (Å²) in [4.78, 5) is 53.9. The van der Waals surface area contributed by atoms with E-state index in [1.54, 1.807) is 6.92 Å². The molecule has 0 bridgehead atoms. The zero-order valence-corrected chi connectivity index (χ0v) is 22.0. The highest BCUT2D eigenvalue weighted by Gasteiger charge is 2.40. The van der Waals surface area contributed by atoms with Crippen molar-refractivity contribution in [2.24, 2.45) is 0 Å². The number of aromatic carboxylic acids is 1. The standard InChI is InChI=1S/C27H27F2N5O6/c1-14-25(30-15(2)35)40-27(39)34(14)16-4-5-21(19(28)10-16)33-13-18(26(37)38)24(36)17-11-20(29)23(12-22(17)33)32-8-6-31(3)7-9-32/h4-5,10-14,25H,6-9H2,1-3H3,(H,30,35)(H,37,38)/t14?,25-/m0/s1. The van der Waals surface area contributed by atoms with Gasteiger partial charge < -0.3 is 29.5 Å². The highest BCUT2D eigenvalue weighted by Crippen LogP contribution is 2.32. The highest BCUT2D eigenvalue weighted by atomic mass is 19.1. The average Bonchev–Trinajstić information content (AvgIpc) is 3.16. The number of cyclic esters (lactones) is 1. The maximum atomic E-state index is 15.7. The maximum absolute atomic E-state index is 15.7. The van der Waals surface area contributed by atoms with Crippen molar-refractivity contribution >= 4 is 40.2 Å². The molecule has 2 fully saturated rings. The molecule has 0 saturated carbocycles. The first-order valence-electron chi connectivity index (χ1n) is 12.6. The summed E-state index contributed by atoms with van der Waals surface area (Å²) in [6.45, 7) is 5.35. The molecule has 11 nitrogen and oxygen atoms in total. The van der Waals surface area contributed by atoms with Gasteiger partial charge >= 0.3 is 12.1 Å². The van der Waals surface area contributed by atoms with Crippen LogP contribution in [0.2, 0.25) is 0 Å². The van der Waals surface area contributed by atoms with Crippen molar-refractivity contribution in [2.75, 3.05) is 43.0 Å². The Morgan fingerprint density at radius 1 is 1.02 bits per heavy atom. The number of piperazine rings is 1. The zero-order chi connectivity index (χ0) is 28.9. The SMILES string of the molecule is CC(=O)N[C@H]1OC(=O)N(c2ccc(-n3cc(C(=O)O)c(=O)c4cc(F)c(N5CCN(C)CC5)cc43)c(F)c2)C1C. The van der Waals surface area contributed by atoms with Gasteiger partial charge in [0.15, 0.2) is 6.23 Å². The number of hydrogen-bond acceptors (Lipinski definition) is 7. The first kappa shape index (κ1) is 27.1. The zero-order valence-electron chi connectivity index (χ0n) is 22.0.